The van der Waals surface area contributed by atoms with E-state index in [4.69, 9.17) is 4.74 Å². The van der Waals surface area contributed by atoms with Gasteiger partial charge in [0.15, 0.2) is 5.54 Å². The summed E-state index contributed by atoms with van der Waals surface area (Å²) in [6.45, 7) is 6.88. The normalized spacial score (nSPS) is 17.0. The molecule has 0 aliphatic heterocycles. The molecule has 0 saturated carbocycles. The smallest absolute Gasteiger partial charge is 0.410 e. The minimum absolute atomic E-state index is 0.0145. The topological polar surface area (TPSA) is 145 Å². The second-order valence-electron chi connectivity index (χ2n) is 7.88. The van der Waals surface area contributed by atoms with Crippen molar-refractivity contribution in [3.05, 3.63) is 68.8 Å². The zero-order valence-electron chi connectivity index (χ0n) is 18.6. The lowest BCUT2D eigenvalue weighted by Gasteiger charge is -2.29. The summed E-state index contributed by atoms with van der Waals surface area (Å²) in [6.07, 6.45) is -0.820. The summed E-state index contributed by atoms with van der Waals surface area (Å²) in [5.74, 6) is -2.63. The minimum Gasteiger partial charge on any atom is -0.410 e. The third-order valence-electron chi connectivity index (χ3n) is 5.36. The largest absolute Gasteiger partial charge is 0.412 e. The van der Waals surface area contributed by atoms with Crippen molar-refractivity contribution in [1.82, 2.24) is 10.6 Å². The molecular weight excluding hydrogens is 430 g/mol. The average Bonchev–Trinajstić information content (AvgIpc) is 2.95. The van der Waals surface area contributed by atoms with Crippen LogP contribution in [0, 0.1) is 10.1 Å². The zero-order valence-corrected chi connectivity index (χ0v) is 18.6. The minimum atomic E-state index is -2.32. The number of rotatable bonds is 6. The number of nitro benzene ring substituents is 1. The first-order valence-electron chi connectivity index (χ1n) is 10.3. The molecule has 0 saturated heterocycles. The molecule has 2 aromatic rings. The number of hydrogen-bond donors (Lipinski definition) is 2. The van der Waals surface area contributed by atoms with Crippen LogP contribution in [0.3, 0.4) is 0 Å². The van der Waals surface area contributed by atoms with Crippen LogP contribution in [0.5, 0.6) is 5.75 Å². The molecule has 0 bridgehead atoms. The Balaban J connectivity index is 2.32. The van der Waals surface area contributed by atoms with Crippen molar-refractivity contribution in [1.29, 1.82) is 0 Å². The number of ether oxygens (including phenoxy) is 1. The highest BCUT2D eigenvalue weighted by atomic mass is 16.6. The van der Waals surface area contributed by atoms with E-state index < -0.39 is 45.3 Å². The van der Waals surface area contributed by atoms with Gasteiger partial charge in [0.05, 0.1) is 4.92 Å². The molecule has 2 amide bonds. The third-order valence-corrected chi connectivity index (χ3v) is 5.36. The van der Waals surface area contributed by atoms with Crippen molar-refractivity contribution in [2.24, 2.45) is 0 Å². The van der Waals surface area contributed by atoms with Gasteiger partial charge < -0.3 is 15.4 Å². The number of nitro groups is 1. The number of hydrogen-bond acceptors (Lipinski definition) is 7. The highest BCUT2D eigenvalue weighted by Gasteiger charge is 2.58. The number of ketones is 2. The van der Waals surface area contributed by atoms with E-state index in [-0.39, 0.29) is 29.3 Å². The van der Waals surface area contributed by atoms with Gasteiger partial charge in [-0.3, -0.25) is 24.5 Å². The molecule has 0 aromatic heterocycles. The number of fused-ring (bicyclic) bond motifs is 1. The number of nitrogens with one attached hydrogen (secondary N) is 2. The first-order chi connectivity index (χ1) is 15.5. The van der Waals surface area contributed by atoms with Gasteiger partial charge in [0.2, 0.25) is 17.5 Å². The van der Waals surface area contributed by atoms with Crippen molar-refractivity contribution < 1.29 is 28.8 Å². The summed E-state index contributed by atoms with van der Waals surface area (Å²) in [5, 5.41) is 16.4. The highest BCUT2D eigenvalue weighted by molar-refractivity contribution is 6.35. The Bertz CT molecular complexity index is 1190. The van der Waals surface area contributed by atoms with Crippen LogP contribution in [0.25, 0.3) is 0 Å². The van der Waals surface area contributed by atoms with E-state index in [1.165, 1.54) is 24.3 Å². The van der Waals surface area contributed by atoms with Crippen LogP contribution in [0.4, 0.5) is 10.5 Å². The lowest BCUT2D eigenvalue weighted by Crippen LogP contribution is -2.53. The van der Waals surface area contributed by atoms with Gasteiger partial charge in [-0.15, -0.1) is 0 Å². The summed E-state index contributed by atoms with van der Waals surface area (Å²) >= 11 is 0. The Morgan fingerprint density at radius 2 is 1.85 bits per heavy atom. The van der Waals surface area contributed by atoms with Gasteiger partial charge in [0.25, 0.3) is 5.69 Å². The standard InChI is InChI=1S/C23H23N3O7/c1-5-24-22(30)33-18-11-14(12(2)3)9-10-16(18)23(25-13(4)27)20(28)15-7-6-8-17(26(31)32)19(15)21(23)29/h6-12H,5H2,1-4H3,(H,24,30)(H,25,27). The number of carbonyl (C=O) groups is 4. The lowest BCUT2D eigenvalue weighted by molar-refractivity contribution is -0.385. The highest BCUT2D eigenvalue weighted by Crippen LogP contribution is 2.45. The van der Waals surface area contributed by atoms with Crippen LogP contribution in [-0.4, -0.2) is 35.0 Å². The molecule has 2 N–H and O–H groups in total. The number of amides is 2. The number of nitrogens with zero attached hydrogens (tertiary/aromatic N) is 1. The summed E-state index contributed by atoms with van der Waals surface area (Å²) in [7, 11) is 0. The van der Waals surface area contributed by atoms with Crippen LogP contribution in [0.1, 0.15) is 65.5 Å². The Morgan fingerprint density at radius 1 is 1.15 bits per heavy atom. The maximum atomic E-state index is 13.7. The third kappa shape index (κ3) is 3.95. The summed E-state index contributed by atoms with van der Waals surface area (Å²) in [6, 6.07) is 8.27. The van der Waals surface area contributed by atoms with E-state index in [0.717, 1.165) is 18.6 Å². The fourth-order valence-corrected chi connectivity index (χ4v) is 3.87. The van der Waals surface area contributed by atoms with Gasteiger partial charge in [0, 0.05) is 30.7 Å². The molecule has 0 spiro atoms. The fourth-order valence-electron chi connectivity index (χ4n) is 3.87. The van der Waals surface area contributed by atoms with Crippen molar-refractivity contribution >= 4 is 29.3 Å². The Hall–Kier alpha value is -4.08. The second kappa shape index (κ2) is 8.81. The molecule has 2 aromatic carbocycles. The van der Waals surface area contributed by atoms with E-state index in [1.807, 2.05) is 13.8 Å². The van der Waals surface area contributed by atoms with Crippen molar-refractivity contribution in [3.8, 4) is 5.75 Å². The van der Waals surface area contributed by atoms with Crippen LogP contribution in [-0.2, 0) is 10.3 Å². The van der Waals surface area contributed by atoms with Gasteiger partial charge >= 0.3 is 6.09 Å². The fraction of sp³-hybridized carbons (Fsp3) is 0.304. The van der Waals surface area contributed by atoms with E-state index in [9.17, 15) is 29.3 Å². The summed E-state index contributed by atoms with van der Waals surface area (Å²) in [5.41, 5.74) is -2.82. The summed E-state index contributed by atoms with van der Waals surface area (Å²) in [4.78, 5) is 62.5. The van der Waals surface area contributed by atoms with E-state index in [0.29, 0.717) is 0 Å². The monoisotopic (exact) mass is 453 g/mol. The molecule has 3 rings (SSSR count). The van der Waals surface area contributed by atoms with Gasteiger partial charge in [-0.1, -0.05) is 38.1 Å². The first kappa shape index (κ1) is 23.6. The molecule has 1 atom stereocenters. The van der Waals surface area contributed by atoms with Gasteiger partial charge in [-0.2, -0.15) is 0 Å². The van der Waals surface area contributed by atoms with Gasteiger partial charge in [0.1, 0.15) is 11.3 Å². The first-order valence-corrected chi connectivity index (χ1v) is 10.3. The predicted molar refractivity (Wildman–Crippen MR) is 117 cm³/mol. The van der Waals surface area contributed by atoms with E-state index in [1.54, 1.807) is 13.0 Å². The van der Waals surface area contributed by atoms with Crippen LogP contribution >= 0.6 is 0 Å². The molecule has 10 heteroatoms. The second-order valence-corrected chi connectivity index (χ2v) is 7.88. The number of Topliss-reactive ketones (excluding diaryl/α,β-unsaturated/α-hetero) is 2. The van der Waals surface area contributed by atoms with Crippen molar-refractivity contribution in [2.75, 3.05) is 6.54 Å². The molecule has 0 heterocycles. The van der Waals surface area contributed by atoms with E-state index >= 15 is 0 Å². The van der Waals surface area contributed by atoms with Gasteiger partial charge in [-0.25, -0.2) is 4.79 Å². The molecule has 1 aliphatic rings. The van der Waals surface area contributed by atoms with Gasteiger partial charge in [-0.05, 0) is 24.5 Å². The number of benzene rings is 2. The molecule has 0 fully saturated rings. The lowest BCUT2D eigenvalue weighted by atomic mass is 9.82. The Morgan fingerprint density at radius 3 is 2.42 bits per heavy atom. The molecule has 10 nitrogen and oxygen atoms in total. The molecule has 1 aliphatic carbocycles. The molecule has 1 unspecified atom stereocenters. The quantitative estimate of drug-likeness (QED) is 0.388. The molecular formula is C23H23N3O7. The predicted octanol–water partition coefficient (Wildman–Crippen LogP) is 3.24. The zero-order chi connectivity index (χ0) is 24.5. The number of carbonyl (C=O) groups excluding carboxylic acids is 4. The van der Waals surface area contributed by atoms with Crippen molar-refractivity contribution in [2.45, 2.75) is 39.2 Å². The maximum absolute atomic E-state index is 13.7. The van der Waals surface area contributed by atoms with E-state index in [2.05, 4.69) is 10.6 Å². The SMILES string of the molecule is CCNC(=O)Oc1cc(C(C)C)ccc1C1(NC(C)=O)C(=O)c2cccc([N+](=O)[O-])c2C1=O. The van der Waals surface area contributed by atoms with Crippen molar-refractivity contribution in [3.63, 3.8) is 0 Å². The summed E-state index contributed by atoms with van der Waals surface area (Å²) < 4.78 is 5.43. The van der Waals surface area contributed by atoms with Crippen LogP contribution in [0.15, 0.2) is 36.4 Å². The molecule has 0 radical (unpaired) electrons. The maximum Gasteiger partial charge on any atom is 0.412 e. The average molecular weight is 453 g/mol. The van der Waals surface area contributed by atoms with Crippen LogP contribution < -0.4 is 15.4 Å². The Labute approximate surface area is 189 Å². The molecule has 172 valence electrons. The van der Waals surface area contributed by atoms with Crippen LogP contribution in [0.2, 0.25) is 0 Å². The molecule has 33 heavy (non-hydrogen) atoms. The Kier molecular flexibility index (Phi) is 6.30.